The van der Waals surface area contributed by atoms with Crippen molar-refractivity contribution in [3.8, 4) is 11.7 Å². The first-order valence-electron chi connectivity index (χ1n) is 8.07. The quantitative estimate of drug-likeness (QED) is 0.866. The number of furan rings is 1. The Morgan fingerprint density at radius 3 is 2.65 bits per heavy atom. The maximum Gasteiger partial charge on any atom is 0.283 e. The molecule has 1 fully saturated rings. The van der Waals surface area contributed by atoms with Crippen molar-refractivity contribution in [1.29, 1.82) is 0 Å². The summed E-state index contributed by atoms with van der Waals surface area (Å²) in [6.45, 7) is 7.76. The van der Waals surface area contributed by atoms with Crippen LogP contribution in [0.4, 0.5) is 0 Å². The molecule has 3 rings (SSSR count). The minimum atomic E-state index is 0.0262. The van der Waals surface area contributed by atoms with E-state index >= 15 is 0 Å². The van der Waals surface area contributed by atoms with Crippen molar-refractivity contribution in [2.45, 2.75) is 46.0 Å². The third-order valence-corrected chi connectivity index (χ3v) is 4.05. The normalized spacial score (nSPS) is 16.7. The summed E-state index contributed by atoms with van der Waals surface area (Å²) in [5.74, 6) is 2.08. The lowest BCUT2D eigenvalue weighted by atomic mass is 9.90. The first kappa shape index (κ1) is 15.8. The van der Waals surface area contributed by atoms with Crippen LogP contribution in [0.15, 0.2) is 27.2 Å². The van der Waals surface area contributed by atoms with Gasteiger partial charge in [-0.25, -0.2) is 0 Å². The largest absolute Gasteiger partial charge is 0.459 e. The molecule has 124 valence electrons. The Kier molecular flexibility index (Phi) is 4.24. The van der Waals surface area contributed by atoms with Gasteiger partial charge in [0.1, 0.15) is 0 Å². The van der Waals surface area contributed by atoms with Crippen molar-refractivity contribution < 1.29 is 13.6 Å². The Hall–Kier alpha value is -2.11. The van der Waals surface area contributed by atoms with E-state index in [-0.39, 0.29) is 17.2 Å². The molecule has 0 aliphatic carbocycles. The zero-order chi connectivity index (χ0) is 16.4. The van der Waals surface area contributed by atoms with Gasteiger partial charge in [-0.05, 0) is 30.4 Å². The molecule has 0 aromatic carbocycles. The van der Waals surface area contributed by atoms with Crippen LogP contribution >= 0.6 is 0 Å². The molecular formula is C17H23N3O3. The smallest absolute Gasteiger partial charge is 0.283 e. The fourth-order valence-electron chi connectivity index (χ4n) is 2.84. The van der Waals surface area contributed by atoms with Gasteiger partial charge >= 0.3 is 0 Å². The SMILES string of the molecule is CC(C)(C)CC(=O)N1CCC(c2nnc(-c3ccco3)o2)CC1. The maximum absolute atomic E-state index is 12.3. The summed E-state index contributed by atoms with van der Waals surface area (Å²) >= 11 is 0. The van der Waals surface area contributed by atoms with Gasteiger partial charge in [0.05, 0.1) is 6.26 Å². The van der Waals surface area contributed by atoms with E-state index < -0.39 is 0 Å². The summed E-state index contributed by atoms with van der Waals surface area (Å²) in [7, 11) is 0. The van der Waals surface area contributed by atoms with Crippen LogP contribution in [0.5, 0.6) is 0 Å². The van der Waals surface area contributed by atoms with Gasteiger partial charge in [-0.15, -0.1) is 10.2 Å². The molecule has 2 aromatic heterocycles. The van der Waals surface area contributed by atoms with Crippen LogP contribution in [-0.2, 0) is 4.79 Å². The van der Waals surface area contributed by atoms with E-state index in [2.05, 4.69) is 31.0 Å². The van der Waals surface area contributed by atoms with Crippen LogP contribution in [-0.4, -0.2) is 34.1 Å². The highest BCUT2D eigenvalue weighted by Gasteiger charge is 2.29. The Morgan fingerprint density at radius 2 is 2.04 bits per heavy atom. The number of piperidine rings is 1. The van der Waals surface area contributed by atoms with Crippen molar-refractivity contribution >= 4 is 5.91 Å². The highest BCUT2D eigenvalue weighted by Crippen LogP contribution is 2.30. The number of hydrogen-bond donors (Lipinski definition) is 0. The molecule has 1 aliphatic rings. The Labute approximate surface area is 135 Å². The van der Waals surface area contributed by atoms with E-state index in [1.807, 2.05) is 4.90 Å². The van der Waals surface area contributed by atoms with Gasteiger partial charge in [0, 0.05) is 25.4 Å². The second-order valence-electron chi connectivity index (χ2n) is 7.32. The lowest BCUT2D eigenvalue weighted by molar-refractivity contribution is -0.134. The molecule has 0 bridgehead atoms. The van der Waals surface area contributed by atoms with Crippen LogP contribution in [0.1, 0.15) is 51.8 Å². The number of nitrogens with zero attached hydrogens (tertiary/aromatic N) is 3. The minimum Gasteiger partial charge on any atom is -0.459 e. The molecule has 3 heterocycles. The van der Waals surface area contributed by atoms with Crippen LogP contribution < -0.4 is 0 Å². The number of likely N-dealkylation sites (tertiary alicyclic amines) is 1. The van der Waals surface area contributed by atoms with Crippen LogP contribution in [0.3, 0.4) is 0 Å². The topological polar surface area (TPSA) is 72.4 Å². The monoisotopic (exact) mass is 317 g/mol. The second kappa shape index (κ2) is 6.18. The van der Waals surface area contributed by atoms with Crippen molar-refractivity contribution in [3.05, 3.63) is 24.3 Å². The van der Waals surface area contributed by atoms with Gasteiger partial charge in [-0.2, -0.15) is 0 Å². The number of carbonyl (C=O) groups excluding carboxylic acids is 1. The molecule has 1 aliphatic heterocycles. The van der Waals surface area contributed by atoms with Crippen molar-refractivity contribution in [2.24, 2.45) is 5.41 Å². The first-order valence-corrected chi connectivity index (χ1v) is 8.07. The van der Waals surface area contributed by atoms with E-state index in [4.69, 9.17) is 8.83 Å². The summed E-state index contributed by atoms with van der Waals surface area (Å²) in [6.07, 6.45) is 3.88. The van der Waals surface area contributed by atoms with Gasteiger partial charge in [0.25, 0.3) is 5.89 Å². The number of amides is 1. The molecule has 23 heavy (non-hydrogen) atoms. The van der Waals surface area contributed by atoms with E-state index in [0.717, 1.165) is 25.9 Å². The minimum absolute atomic E-state index is 0.0262. The summed E-state index contributed by atoms with van der Waals surface area (Å²) in [4.78, 5) is 14.2. The van der Waals surface area contributed by atoms with Gasteiger partial charge in [-0.3, -0.25) is 4.79 Å². The second-order valence-corrected chi connectivity index (χ2v) is 7.32. The lowest BCUT2D eigenvalue weighted by Crippen LogP contribution is -2.39. The van der Waals surface area contributed by atoms with Gasteiger partial charge in [-0.1, -0.05) is 20.8 Å². The van der Waals surface area contributed by atoms with E-state index in [1.54, 1.807) is 18.4 Å². The molecular weight excluding hydrogens is 294 g/mol. The Balaban J connectivity index is 1.58. The van der Waals surface area contributed by atoms with E-state index in [9.17, 15) is 4.79 Å². The number of carbonyl (C=O) groups is 1. The molecule has 1 amide bonds. The lowest BCUT2D eigenvalue weighted by Gasteiger charge is -2.32. The first-order chi connectivity index (χ1) is 10.9. The van der Waals surface area contributed by atoms with Crippen LogP contribution in [0.25, 0.3) is 11.7 Å². The van der Waals surface area contributed by atoms with Crippen molar-refractivity contribution in [3.63, 3.8) is 0 Å². The highest BCUT2D eigenvalue weighted by molar-refractivity contribution is 5.76. The van der Waals surface area contributed by atoms with Gasteiger partial charge in [0.2, 0.25) is 11.8 Å². The number of aromatic nitrogens is 2. The number of hydrogen-bond acceptors (Lipinski definition) is 5. The average Bonchev–Trinajstić information content (AvgIpc) is 3.17. The summed E-state index contributed by atoms with van der Waals surface area (Å²) in [6, 6.07) is 3.59. The molecule has 6 nitrogen and oxygen atoms in total. The summed E-state index contributed by atoms with van der Waals surface area (Å²) in [5, 5.41) is 8.19. The van der Waals surface area contributed by atoms with E-state index in [0.29, 0.717) is 24.0 Å². The third-order valence-electron chi connectivity index (χ3n) is 4.05. The molecule has 2 aromatic rings. The molecule has 0 unspecified atom stereocenters. The zero-order valence-electron chi connectivity index (χ0n) is 13.9. The summed E-state index contributed by atoms with van der Waals surface area (Å²) < 4.78 is 11.0. The van der Waals surface area contributed by atoms with Crippen molar-refractivity contribution in [2.75, 3.05) is 13.1 Å². The van der Waals surface area contributed by atoms with Crippen LogP contribution in [0, 0.1) is 5.41 Å². The molecule has 0 atom stereocenters. The fraction of sp³-hybridized carbons (Fsp3) is 0.588. The van der Waals surface area contributed by atoms with Gasteiger partial charge in [0.15, 0.2) is 5.76 Å². The summed E-state index contributed by atoms with van der Waals surface area (Å²) in [5.41, 5.74) is 0.0262. The maximum atomic E-state index is 12.3. The Bertz CT molecular complexity index is 647. The third kappa shape index (κ3) is 3.81. The average molecular weight is 317 g/mol. The molecule has 0 spiro atoms. The fourth-order valence-corrected chi connectivity index (χ4v) is 2.84. The van der Waals surface area contributed by atoms with Crippen molar-refractivity contribution in [1.82, 2.24) is 15.1 Å². The molecule has 0 radical (unpaired) electrons. The number of rotatable bonds is 3. The Morgan fingerprint density at radius 1 is 1.30 bits per heavy atom. The highest BCUT2D eigenvalue weighted by atomic mass is 16.4. The van der Waals surface area contributed by atoms with E-state index in [1.165, 1.54) is 0 Å². The predicted octanol–water partition coefficient (Wildman–Crippen LogP) is 3.47. The molecule has 6 heteroatoms. The molecule has 0 N–H and O–H groups in total. The molecule has 1 saturated heterocycles. The van der Waals surface area contributed by atoms with Gasteiger partial charge < -0.3 is 13.7 Å². The predicted molar refractivity (Wildman–Crippen MR) is 84.6 cm³/mol. The standard InChI is InChI=1S/C17H23N3O3/c1-17(2,3)11-14(21)20-8-6-12(7-9-20)15-18-19-16(23-15)13-5-4-10-22-13/h4-5,10,12H,6-9,11H2,1-3H3. The molecule has 0 saturated carbocycles. The van der Waals surface area contributed by atoms with Crippen LogP contribution in [0.2, 0.25) is 0 Å². The zero-order valence-corrected chi connectivity index (χ0v) is 13.9.